The number of benzene rings is 2. The highest BCUT2D eigenvalue weighted by Gasteiger charge is 2.18. The standard InChI is InChI=1S/C28H28F2N6O4/c1-37-10-11-40-17-12-20(29)19(21(30)13-17)14-33-22-7-5-4-6-18(22)26(31)28-34-16-25(39-3)27(36-28)35-23-8-9-32-15-24(23)38-2/h4-9,12-13,15-16,31,33H,10-11,14H2,1-3H3,(H,32,34,35,36). The van der Waals surface area contributed by atoms with Crippen LogP contribution in [-0.2, 0) is 11.3 Å². The van der Waals surface area contributed by atoms with E-state index < -0.39 is 11.6 Å². The van der Waals surface area contributed by atoms with Crippen LogP contribution in [0.2, 0.25) is 0 Å². The average molecular weight is 551 g/mol. The topological polar surface area (TPSA) is 124 Å². The fraction of sp³-hybridized carbons (Fsp3) is 0.214. The van der Waals surface area contributed by atoms with Crippen LogP contribution in [0.3, 0.4) is 0 Å². The zero-order valence-electron chi connectivity index (χ0n) is 22.1. The van der Waals surface area contributed by atoms with E-state index >= 15 is 0 Å². The molecule has 0 saturated heterocycles. The summed E-state index contributed by atoms with van der Waals surface area (Å²) in [7, 11) is 4.51. The van der Waals surface area contributed by atoms with Gasteiger partial charge in [-0.25, -0.2) is 18.7 Å². The van der Waals surface area contributed by atoms with Gasteiger partial charge in [-0.2, -0.15) is 0 Å². The van der Waals surface area contributed by atoms with Crippen LogP contribution in [0.25, 0.3) is 0 Å². The van der Waals surface area contributed by atoms with E-state index in [1.807, 2.05) is 0 Å². The second-order valence-corrected chi connectivity index (χ2v) is 8.29. The molecule has 0 amide bonds. The fourth-order valence-electron chi connectivity index (χ4n) is 3.74. The van der Waals surface area contributed by atoms with Gasteiger partial charge in [0.05, 0.1) is 38.9 Å². The van der Waals surface area contributed by atoms with Crippen molar-refractivity contribution in [2.75, 3.05) is 45.2 Å². The second-order valence-electron chi connectivity index (χ2n) is 8.29. The van der Waals surface area contributed by atoms with Gasteiger partial charge in [0.25, 0.3) is 0 Å². The van der Waals surface area contributed by atoms with Gasteiger partial charge < -0.3 is 29.6 Å². The van der Waals surface area contributed by atoms with Crippen LogP contribution >= 0.6 is 0 Å². The van der Waals surface area contributed by atoms with Crippen LogP contribution in [0.1, 0.15) is 17.0 Å². The van der Waals surface area contributed by atoms with Crippen molar-refractivity contribution in [1.82, 2.24) is 15.0 Å². The lowest BCUT2D eigenvalue weighted by molar-refractivity contribution is 0.146. The van der Waals surface area contributed by atoms with E-state index in [4.69, 9.17) is 24.4 Å². The Bertz CT molecular complexity index is 1460. The van der Waals surface area contributed by atoms with Gasteiger partial charge >= 0.3 is 0 Å². The highest BCUT2D eigenvalue weighted by Crippen LogP contribution is 2.31. The lowest BCUT2D eigenvalue weighted by Gasteiger charge is -2.16. The smallest absolute Gasteiger partial charge is 0.180 e. The predicted octanol–water partition coefficient (Wildman–Crippen LogP) is 4.96. The van der Waals surface area contributed by atoms with E-state index in [-0.39, 0.29) is 36.0 Å². The number of aromatic nitrogens is 3. The molecule has 2 aromatic heterocycles. The largest absolute Gasteiger partial charge is 0.493 e. The third-order valence-corrected chi connectivity index (χ3v) is 5.78. The summed E-state index contributed by atoms with van der Waals surface area (Å²) in [5, 5.41) is 15.0. The first kappa shape index (κ1) is 28.2. The first-order valence-corrected chi connectivity index (χ1v) is 12.1. The molecule has 4 aromatic rings. The number of ether oxygens (including phenoxy) is 4. The molecule has 0 bridgehead atoms. The number of pyridine rings is 1. The summed E-state index contributed by atoms with van der Waals surface area (Å²) < 4.78 is 50.3. The summed E-state index contributed by atoms with van der Waals surface area (Å²) in [6.07, 6.45) is 4.59. The third-order valence-electron chi connectivity index (χ3n) is 5.78. The maximum Gasteiger partial charge on any atom is 0.180 e. The molecule has 0 fully saturated rings. The van der Waals surface area contributed by atoms with Crippen molar-refractivity contribution in [3.05, 3.63) is 89.6 Å². The van der Waals surface area contributed by atoms with Crippen molar-refractivity contribution in [1.29, 1.82) is 5.41 Å². The van der Waals surface area contributed by atoms with E-state index in [0.717, 1.165) is 12.1 Å². The molecule has 10 nitrogen and oxygen atoms in total. The van der Waals surface area contributed by atoms with Crippen LogP contribution in [0, 0.1) is 17.0 Å². The molecule has 0 saturated carbocycles. The Morgan fingerprint density at radius 3 is 2.40 bits per heavy atom. The van der Waals surface area contributed by atoms with Gasteiger partial charge in [-0.15, -0.1) is 0 Å². The summed E-state index contributed by atoms with van der Waals surface area (Å²) >= 11 is 0. The minimum absolute atomic E-state index is 0.0154. The summed E-state index contributed by atoms with van der Waals surface area (Å²) in [6, 6.07) is 10.8. The van der Waals surface area contributed by atoms with Crippen molar-refractivity contribution in [3.63, 3.8) is 0 Å². The summed E-state index contributed by atoms with van der Waals surface area (Å²) in [5.74, 6) is -0.194. The fourth-order valence-corrected chi connectivity index (χ4v) is 3.74. The number of nitrogens with one attached hydrogen (secondary N) is 3. The lowest BCUT2D eigenvalue weighted by Crippen LogP contribution is -2.13. The number of para-hydroxylation sites is 1. The van der Waals surface area contributed by atoms with E-state index in [9.17, 15) is 8.78 Å². The average Bonchev–Trinajstić information content (AvgIpc) is 2.97. The molecule has 2 aromatic carbocycles. The van der Waals surface area contributed by atoms with Gasteiger partial charge in [0.2, 0.25) is 0 Å². The van der Waals surface area contributed by atoms with E-state index in [1.165, 1.54) is 27.5 Å². The van der Waals surface area contributed by atoms with Gasteiger partial charge in [0.15, 0.2) is 23.1 Å². The number of methoxy groups -OCH3 is 3. The molecule has 0 aliphatic carbocycles. The van der Waals surface area contributed by atoms with Crippen molar-refractivity contribution >= 4 is 22.9 Å². The molecule has 0 unspecified atom stereocenters. The third kappa shape index (κ3) is 6.59. The van der Waals surface area contributed by atoms with Crippen molar-refractivity contribution in [2.45, 2.75) is 6.54 Å². The highest BCUT2D eigenvalue weighted by atomic mass is 19.1. The molecular formula is C28H28F2N6O4. The zero-order valence-corrected chi connectivity index (χ0v) is 22.1. The summed E-state index contributed by atoms with van der Waals surface area (Å²) in [6.45, 7) is 0.296. The molecule has 2 heterocycles. The Morgan fingerprint density at radius 2 is 1.68 bits per heavy atom. The Hall–Kier alpha value is -4.84. The van der Waals surface area contributed by atoms with Crippen molar-refractivity contribution in [2.24, 2.45) is 0 Å². The number of halogens is 2. The number of hydrogen-bond donors (Lipinski definition) is 3. The zero-order chi connectivity index (χ0) is 28.5. The molecule has 208 valence electrons. The van der Waals surface area contributed by atoms with Gasteiger partial charge in [-0.1, -0.05) is 18.2 Å². The Balaban J connectivity index is 1.56. The Kier molecular flexibility index (Phi) is 9.36. The van der Waals surface area contributed by atoms with Crippen LogP contribution in [-0.4, -0.2) is 55.2 Å². The normalized spacial score (nSPS) is 10.6. The quantitative estimate of drug-likeness (QED) is 0.156. The number of rotatable bonds is 13. The molecular weight excluding hydrogens is 522 g/mol. The molecule has 0 radical (unpaired) electrons. The first-order valence-electron chi connectivity index (χ1n) is 12.1. The molecule has 40 heavy (non-hydrogen) atoms. The molecule has 0 aliphatic rings. The van der Waals surface area contributed by atoms with Crippen molar-refractivity contribution in [3.8, 4) is 17.2 Å². The van der Waals surface area contributed by atoms with E-state index in [1.54, 1.807) is 42.7 Å². The second kappa shape index (κ2) is 13.3. The monoisotopic (exact) mass is 550 g/mol. The van der Waals surface area contributed by atoms with Crippen LogP contribution < -0.4 is 24.8 Å². The maximum absolute atomic E-state index is 14.7. The van der Waals surface area contributed by atoms with Crippen molar-refractivity contribution < 1.29 is 27.7 Å². The van der Waals surface area contributed by atoms with Gasteiger partial charge in [0.1, 0.15) is 29.7 Å². The van der Waals surface area contributed by atoms with E-state index in [0.29, 0.717) is 40.9 Å². The molecule has 0 aliphatic heterocycles. The van der Waals surface area contributed by atoms with Gasteiger partial charge in [-0.05, 0) is 12.1 Å². The molecule has 4 rings (SSSR count). The Labute approximate surface area is 229 Å². The van der Waals surface area contributed by atoms with E-state index in [2.05, 4.69) is 25.6 Å². The maximum atomic E-state index is 14.7. The highest BCUT2D eigenvalue weighted by molar-refractivity contribution is 6.12. The molecule has 12 heteroatoms. The number of nitrogens with zero attached hydrogens (tertiary/aromatic N) is 3. The Morgan fingerprint density at radius 1 is 0.925 bits per heavy atom. The van der Waals surface area contributed by atoms with Crippen LogP contribution in [0.5, 0.6) is 17.2 Å². The number of hydrogen-bond acceptors (Lipinski definition) is 10. The predicted molar refractivity (Wildman–Crippen MR) is 146 cm³/mol. The van der Waals surface area contributed by atoms with Crippen LogP contribution in [0.15, 0.2) is 61.1 Å². The van der Waals surface area contributed by atoms with Gasteiger partial charge in [-0.3, -0.25) is 10.4 Å². The minimum atomic E-state index is -0.756. The summed E-state index contributed by atoms with van der Waals surface area (Å²) in [4.78, 5) is 12.8. The number of anilines is 3. The minimum Gasteiger partial charge on any atom is -0.493 e. The summed E-state index contributed by atoms with van der Waals surface area (Å²) in [5.41, 5.74) is 1.31. The van der Waals surface area contributed by atoms with Gasteiger partial charge in [0, 0.05) is 48.8 Å². The SMILES string of the molecule is COCCOc1cc(F)c(CNc2ccccc2C(=N)c2ncc(OC)c(Nc3ccncc3OC)n2)c(F)c1. The van der Waals surface area contributed by atoms with Crippen LogP contribution in [0.4, 0.5) is 26.0 Å². The molecule has 3 N–H and O–H groups in total. The molecule has 0 spiro atoms. The first-order chi connectivity index (χ1) is 19.4. The lowest BCUT2D eigenvalue weighted by atomic mass is 10.1. The molecule has 0 atom stereocenters.